The predicted molar refractivity (Wildman–Crippen MR) is 130 cm³/mol. The highest BCUT2D eigenvalue weighted by Crippen LogP contribution is 2.29. The zero-order chi connectivity index (χ0) is 23.8. The van der Waals surface area contributed by atoms with Crippen molar-refractivity contribution in [2.24, 2.45) is 0 Å². The molecule has 6 nitrogen and oxygen atoms in total. The fourth-order valence-corrected chi connectivity index (χ4v) is 3.84. The van der Waals surface area contributed by atoms with E-state index < -0.39 is 5.60 Å². The Hall–Kier alpha value is -3.38. The Balaban J connectivity index is 0.000000442. The number of nitrogens with zero attached hydrogens (tertiary/aromatic N) is 1. The van der Waals surface area contributed by atoms with Gasteiger partial charge in [0.1, 0.15) is 6.10 Å². The van der Waals surface area contributed by atoms with Crippen molar-refractivity contribution in [2.45, 2.75) is 51.4 Å². The van der Waals surface area contributed by atoms with Crippen molar-refractivity contribution in [3.05, 3.63) is 94.9 Å². The second-order valence-corrected chi connectivity index (χ2v) is 8.90. The number of ether oxygens (including phenoxy) is 1. The van der Waals surface area contributed by atoms with Crippen molar-refractivity contribution >= 4 is 6.09 Å². The Labute approximate surface area is 194 Å². The fourth-order valence-electron chi connectivity index (χ4n) is 3.84. The summed E-state index contributed by atoms with van der Waals surface area (Å²) in [6.45, 7) is 6.01. The molecule has 2 unspecified atom stereocenters. The molecular weight excluding hydrogens is 416 g/mol. The van der Waals surface area contributed by atoms with Gasteiger partial charge in [0.05, 0.1) is 11.6 Å². The van der Waals surface area contributed by atoms with Gasteiger partial charge in [-0.15, -0.1) is 0 Å². The second-order valence-electron chi connectivity index (χ2n) is 8.90. The summed E-state index contributed by atoms with van der Waals surface area (Å²) >= 11 is 0. The van der Waals surface area contributed by atoms with Crippen LogP contribution in [0.2, 0.25) is 0 Å². The Morgan fingerprint density at radius 2 is 1.64 bits per heavy atom. The number of cyclic esters (lactones) is 1. The smallest absolute Gasteiger partial charge is 0.410 e. The van der Waals surface area contributed by atoms with Gasteiger partial charge in [0.25, 0.3) is 0 Å². The zero-order valence-corrected chi connectivity index (χ0v) is 19.4. The van der Waals surface area contributed by atoms with Crippen LogP contribution in [0.3, 0.4) is 0 Å². The standard InChI is InChI=1S/C21H26N2O4.C6H6/c1-14(23-11-9-18(27-20(23)25)13-21(2,3)26)15-4-6-16(7-5-15)17-8-10-22-19(24)12-17;1-2-4-6-5-3-1/h4-8,10,12,14,18,26H,9,11,13H2,1-3H3,(H,22,24);1-6H. The maximum Gasteiger partial charge on any atom is 0.410 e. The molecule has 2 aromatic carbocycles. The number of rotatable bonds is 5. The highest BCUT2D eigenvalue weighted by atomic mass is 16.6. The van der Waals surface area contributed by atoms with E-state index >= 15 is 0 Å². The number of carbonyl (C=O) groups excluding carboxylic acids is 1. The summed E-state index contributed by atoms with van der Waals surface area (Å²) in [6, 6.07) is 23.1. The van der Waals surface area contributed by atoms with Crippen LogP contribution in [0.25, 0.3) is 11.1 Å². The third kappa shape index (κ3) is 7.32. The highest BCUT2D eigenvalue weighted by molar-refractivity contribution is 5.69. The molecule has 1 saturated heterocycles. The topological polar surface area (TPSA) is 82.6 Å². The van der Waals surface area contributed by atoms with E-state index in [2.05, 4.69) is 4.98 Å². The number of pyridine rings is 1. The van der Waals surface area contributed by atoms with Gasteiger partial charge in [0, 0.05) is 31.6 Å². The molecule has 1 aliphatic rings. The number of carbonyl (C=O) groups is 1. The number of hydrogen-bond donors (Lipinski definition) is 2. The molecule has 0 bridgehead atoms. The maximum atomic E-state index is 12.4. The molecule has 6 heteroatoms. The molecule has 1 fully saturated rings. The molecule has 2 N–H and O–H groups in total. The normalized spacial score (nSPS) is 16.9. The van der Waals surface area contributed by atoms with E-state index in [1.165, 1.54) is 0 Å². The summed E-state index contributed by atoms with van der Waals surface area (Å²) in [5.41, 5.74) is 1.81. The highest BCUT2D eigenvalue weighted by Gasteiger charge is 2.33. The van der Waals surface area contributed by atoms with E-state index in [9.17, 15) is 14.7 Å². The number of H-pyrrole nitrogens is 1. The lowest BCUT2D eigenvalue weighted by Gasteiger charge is -2.37. The SMILES string of the molecule is CC(c1ccc(-c2cc[nH]c(=O)c2)cc1)N1CCC(CC(C)(C)O)OC1=O.c1ccccc1. The van der Waals surface area contributed by atoms with E-state index in [0.29, 0.717) is 19.4 Å². The largest absolute Gasteiger partial charge is 0.446 e. The molecular formula is C27H32N2O4. The third-order valence-corrected chi connectivity index (χ3v) is 5.56. The first-order chi connectivity index (χ1) is 15.7. The predicted octanol–water partition coefficient (Wildman–Crippen LogP) is 5.16. The summed E-state index contributed by atoms with van der Waals surface area (Å²) < 4.78 is 5.51. The molecule has 0 spiro atoms. The monoisotopic (exact) mass is 448 g/mol. The molecule has 1 amide bonds. The molecule has 2 atom stereocenters. The second kappa shape index (κ2) is 11.0. The number of hydrogen-bond acceptors (Lipinski definition) is 4. The first kappa shape index (κ1) is 24.3. The quantitative estimate of drug-likeness (QED) is 0.565. The number of benzene rings is 2. The molecule has 33 heavy (non-hydrogen) atoms. The van der Waals surface area contributed by atoms with Gasteiger partial charge in [0.2, 0.25) is 5.56 Å². The molecule has 3 aromatic rings. The molecule has 1 aliphatic heterocycles. The van der Waals surface area contributed by atoms with Crippen LogP contribution in [0.1, 0.15) is 45.2 Å². The molecule has 4 rings (SSSR count). The number of nitrogens with one attached hydrogen (secondary N) is 1. The first-order valence-corrected chi connectivity index (χ1v) is 11.2. The number of amides is 1. The Morgan fingerprint density at radius 3 is 2.15 bits per heavy atom. The van der Waals surface area contributed by atoms with Crippen molar-refractivity contribution in [3.63, 3.8) is 0 Å². The van der Waals surface area contributed by atoms with Gasteiger partial charge in [-0.25, -0.2) is 4.79 Å². The van der Waals surface area contributed by atoms with E-state index in [-0.39, 0.29) is 23.8 Å². The summed E-state index contributed by atoms with van der Waals surface area (Å²) in [5.74, 6) is 0. The van der Waals surface area contributed by atoms with Gasteiger partial charge in [-0.05, 0) is 43.5 Å². The number of aromatic nitrogens is 1. The number of aromatic amines is 1. The lowest BCUT2D eigenvalue weighted by Crippen LogP contribution is -2.45. The van der Waals surface area contributed by atoms with Gasteiger partial charge < -0.3 is 19.7 Å². The summed E-state index contributed by atoms with van der Waals surface area (Å²) in [6.07, 6.45) is 2.17. The van der Waals surface area contributed by atoms with Crippen molar-refractivity contribution in [2.75, 3.05) is 6.54 Å². The molecule has 0 radical (unpaired) electrons. The van der Waals surface area contributed by atoms with Gasteiger partial charge in [0.15, 0.2) is 0 Å². The Kier molecular flexibility index (Phi) is 8.06. The van der Waals surface area contributed by atoms with Crippen molar-refractivity contribution in [3.8, 4) is 11.1 Å². The summed E-state index contributed by atoms with van der Waals surface area (Å²) in [4.78, 5) is 28.2. The average molecular weight is 449 g/mol. The van der Waals surface area contributed by atoms with Crippen LogP contribution in [0, 0.1) is 0 Å². The van der Waals surface area contributed by atoms with Crippen molar-refractivity contribution in [1.29, 1.82) is 0 Å². The van der Waals surface area contributed by atoms with Crippen molar-refractivity contribution in [1.82, 2.24) is 9.88 Å². The maximum absolute atomic E-state index is 12.4. The van der Waals surface area contributed by atoms with Gasteiger partial charge in [-0.2, -0.15) is 0 Å². The first-order valence-electron chi connectivity index (χ1n) is 11.2. The minimum atomic E-state index is -0.853. The third-order valence-electron chi connectivity index (χ3n) is 5.56. The van der Waals surface area contributed by atoms with Gasteiger partial charge in [-0.1, -0.05) is 60.7 Å². The van der Waals surface area contributed by atoms with E-state index in [4.69, 9.17) is 4.74 Å². The lowest BCUT2D eigenvalue weighted by molar-refractivity contribution is -0.0309. The van der Waals surface area contributed by atoms with E-state index in [1.54, 1.807) is 31.0 Å². The van der Waals surface area contributed by atoms with Crippen LogP contribution in [-0.2, 0) is 4.74 Å². The molecule has 0 aliphatic carbocycles. The van der Waals surface area contributed by atoms with E-state index in [1.807, 2.05) is 73.7 Å². The summed E-state index contributed by atoms with van der Waals surface area (Å²) in [5, 5.41) is 9.92. The average Bonchev–Trinajstić information content (AvgIpc) is 2.79. The van der Waals surface area contributed by atoms with Crippen molar-refractivity contribution < 1.29 is 14.6 Å². The summed E-state index contributed by atoms with van der Waals surface area (Å²) in [7, 11) is 0. The van der Waals surface area contributed by atoms with Crippen LogP contribution >= 0.6 is 0 Å². The van der Waals surface area contributed by atoms with Crippen LogP contribution < -0.4 is 5.56 Å². The molecule has 174 valence electrons. The Bertz CT molecular complexity index is 1040. The van der Waals surface area contributed by atoms with Crippen LogP contribution in [-0.4, -0.2) is 39.3 Å². The molecule has 2 heterocycles. The minimum Gasteiger partial charge on any atom is -0.446 e. The van der Waals surface area contributed by atoms with Crippen LogP contribution in [0.4, 0.5) is 4.79 Å². The van der Waals surface area contributed by atoms with Crippen LogP contribution in [0.5, 0.6) is 0 Å². The van der Waals surface area contributed by atoms with E-state index in [0.717, 1.165) is 16.7 Å². The number of aliphatic hydroxyl groups is 1. The fraction of sp³-hybridized carbons (Fsp3) is 0.333. The lowest BCUT2D eigenvalue weighted by atomic mass is 9.97. The van der Waals surface area contributed by atoms with Crippen LogP contribution in [0.15, 0.2) is 83.8 Å². The minimum absolute atomic E-state index is 0.117. The molecule has 1 aromatic heterocycles. The Morgan fingerprint density at radius 1 is 1.03 bits per heavy atom. The zero-order valence-electron chi connectivity index (χ0n) is 19.4. The van der Waals surface area contributed by atoms with Gasteiger partial charge >= 0.3 is 6.09 Å². The van der Waals surface area contributed by atoms with Gasteiger partial charge in [-0.3, -0.25) is 4.79 Å². The molecule has 0 saturated carbocycles.